The molecular formula is C18H22N2O2. The third-order valence-electron chi connectivity index (χ3n) is 3.35. The SMILES string of the molecule is Cc1ccc(C(N)C(=O)NCCCOc2ccccc2)cc1. The standard InChI is InChI=1S/C18H22N2O2/c1-14-8-10-15(11-9-14)17(19)18(21)20-12-5-13-22-16-6-3-2-4-7-16/h2-4,6-11,17H,5,12-13,19H2,1H3,(H,20,21). The Morgan fingerprint density at radius 3 is 2.50 bits per heavy atom. The van der Waals surface area contributed by atoms with E-state index < -0.39 is 6.04 Å². The third kappa shape index (κ3) is 4.90. The van der Waals surface area contributed by atoms with Crippen LogP contribution < -0.4 is 15.8 Å². The summed E-state index contributed by atoms with van der Waals surface area (Å²) < 4.78 is 5.56. The maximum Gasteiger partial charge on any atom is 0.241 e. The Morgan fingerprint density at radius 1 is 1.14 bits per heavy atom. The van der Waals surface area contributed by atoms with Gasteiger partial charge in [-0.1, -0.05) is 48.0 Å². The Balaban J connectivity index is 1.68. The molecule has 0 heterocycles. The molecule has 1 unspecified atom stereocenters. The number of amides is 1. The predicted octanol–water partition coefficient (Wildman–Crippen LogP) is 2.58. The third-order valence-corrected chi connectivity index (χ3v) is 3.35. The van der Waals surface area contributed by atoms with Gasteiger partial charge in [0.2, 0.25) is 5.91 Å². The first-order chi connectivity index (χ1) is 10.7. The number of nitrogens with two attached hydrogens (primary N) is 1. The highest BCUT2D eigenvalue weighted by atomic mass is 16.5. The van der Waals surface area contributed by atoms with Crippen LogP contribution in [0.15, 0.2) is 54.6 Å². The van der Waals surface area contributed by atoms with Crippen LogP contribution in [0.4, 0.5) is 0 Å². The van der Waals surface area contributed by atoms with Crippen LogP contribution in [0.2, 0.25) is 0 Å². The minimum absolute atomic E-state index is 0.163. The maximum atomic E-state index is 12.0. The van der Waals surface area contributed by atoms with E-state index in [-0.39, 0.29) is 5.91 Å². The summed E-state index contributed by atoms with van der Waals surface area (Å²) in [5, 5.41) is 2.84. The number of para-hydroxylation sites is 1. The summed E-state index contributed by atoms with van der Waals surface area (Å²) in [6, 6.07) is 16.7. The van der Waals surface area contributed by atoms with Crippen molar-refractivity contribution in [2.24, 2.45) is 5.73 Å². The number of benzene rings is 2. The van der Waals surface area contributed by atoms with Crippen LogP contribution in [0.5, 0.6) is 5.75 Å². The average Bonchev–Trinajstić information content (AvgIpc) is 2.55. The van der Waals surface area contributed by atoms with E-state index in [0.717, 1.165) is 23.3 Å². The summed E-state index contributed by atoms with van der Waals surface area (Å²) in [5.41, 5.74) is 7.92. The summed E-state index contributed by atoms with van der Waals surface area (Å²) in [6.07, 6.45) is 0.737. The lowest BCUT2D eigenvalue weighted by molar-refractivity contribution is -0.122. The van der Waals surface area contributed by atoms with Gasteiger partial charge in [0, 0.05) is 6.54 Å². The molecule has 0 aliphatic carbocycles. The molecule has 2 aromatic carbocycles. The van der Waals surface area contributed by atoms with Gasteiger partial charge < -0.3 is 15.8 Å². The monoisotopic (exact) mass is 298 g/mol. The molecule has 0 radical (unpaired) electrons. The summed E-state index contributed by atoms with van der Waals surface area (Å²) in [5.74, 6) is 0.675. The van der Waals surface area contributed by atoms with Gasteiger partial charge >= 0.3 is 0 Å². The molecule has 0 saturated heterocycles. The van der Waals surface area contributed by atoms with E-state index in [9.17, 15) is 4.79 Å². The first kappa shape index (κ1) is 16.0. The van der Waals surface area contributed by atoms with Gasteiger partial charge in [-0.3, -0.25) is 4.79 Å². The number of aryl methyl sites for hydroxylation is 1. The second-order valence-corrected chi connectivity index (χ2v) is 5.19. The van der Waals surface area contributed by atoms with E-state index in [4.69, 9.17) is 10.5 Å². The topological polar surface area (TPSA) is 64.4 Å². The molecule has 22 heavy (non-hydrogen) atoms. The number of carbonyl (C=O) groups excluding carboxylic acids is 1. The first-order valence-corrected chi connectivity index (χ1v) is 7.44. The molecule has 4 heteroatoms. The van der Waals surface area contributed by atoms with E-state index in [2.05, 4.69) is 5.32 Å². The lowest BCUT2D eigenvalue weighted by Crippen LogP contribution is -2.35. The molecule has 1 atom stereocenters. The van der Waals surface area contributed by atoms with Gasteiger partial charge in [0.05, 0.1) is 6.61 Å². The molecule has 0 spiro atoms. The molecule has 0 bridgehead atoms. The molecular weight excluding hydrogens is 276 g/mol. The van der Waals surface area contributed by atoms with E-state index in [0.29, 0.717) is 13.2 Å². The number of nitrogens with one attached hydrogen (secondary N) is 1. The van der Waals surface area contributed by atoms with E-state index in [1.54, 1.807) is 0 Å². The Hall–Kier alpha value is -2.33. The molecule has 4 nitrogen and oxygen atoms in total. The van der Waals surface area contributed by atoms with Gasteiger partial charge in [-0.05, 0) is 31.0 Å². The molecule has 2 aromatic rings. The number of ether oxygens (including phenoxy) is 1. The van der Waals surface area contributed by atoms with Crippen molar-refractivity contribution in [3.63, 3.8) is 0 Å². The van der Waals surface area contributed by atoms with Crippen LogP contribution in [-0.4, -0.2) is 19.1 Å². The maximum absolute atomic E-state index is 12.0. The van der Waals surface area contributed by atoms with Crippen molar-refractivity contribution in [2.75, 3.05) is 13.2 Å². The minimum atomic E-state index is -0.629. The van der Waals surface area contributed by atoms with Crippen LogP contribution in [0.1, 0.15) is 23.6 Å². The van der Waals surface area contributed by atoms with Crippen LogP contribution >= 0.6 is 0 Å². The molecule has 116 valence electrons. The minimum Gasteiger partial charge on any atom is -0.494 e. The molecule has 0 aliphatic rings. The van der Waals surface area contributed by atoms with Gasteiger partial charge in [-0.2, -0.15) is 0 Å². The zero-order valence-corrected chi connectivity index (χ0v) is 12.8. The van der Waals surface area contributed by atoms with Crippen molar-refractivity contribution in [1.29, 1.82) is 0 Å². The number of hydrogen-bond donors (Lipinski definition) is 2. The predicted molar refractivity (Wildman–Crippen MR) is 87.7 cm³/mol. The zero-order valence-electron chi connectivity index (χ0n) is 12.8. The molecule has 2 rings (SSSR count). The van der Waals surface area contributed by atoms with Crippen molar-refractivity contribution in [3.05, 3.63) is 65.7 Å². The number of carbonyl (C=O) groups is 1. The van der Waals surface area contributed by atoms with Crippen molar-refractivity contribution < 1.29 is 9.53 Å². The van der Waals surface area contributed by atoms with Crippen molar-refractivity contribution in [2.45, 2.75) is 19.4 Å². The number of rotatable bonds is 7. The molecule has 0 saturated carbocycles. The van der Waals surface area contributed by atoms with E-state index in [1.165, 1.54) is 0 Å². The van der Waals surface area contributed by atoms with Crippen molar-refractivity contribution >= 4 is 5.91 Å². The van der Waals surface area contributed by atoms with Gasteiger partial charge in [0.1, 0.15) is 11.8 Å². The van der Waals surface area contributed by atoms with Gasteiger partial charge in [-0.15, -0.1) is 0 Å². The van der Waals surface area contributed by atoms with E-state index in [1.807, 2.05) is 61.5 Å². The average molecular weight is 298 g/mol. The summed E-state index contributed by atoms with van der Waals surface area (Å²) >= 11 is 0. The fourth-order valence-corrected chi connectivity index (χ4v) is 2.03. The molecule has 3 N–H and O–H groups in total. The van der Waals surface area contributed by atoms with E-state index >= 15 is 0 Å². The van der Waals surface area contributed by atoms with Gasteiger partial charge in [0.15, 0.2) is 0 Å². The number of hydrogen-bond acceptors (Lipinski definition) is 3. The van der Waals surface area contributed by atoms with Crippen LogP contribution in [0.3, 0.4) is 0 Å². The van der Waals surface area contributed by atoms with Crippen molar-refractivity contribution in [1.82, 2.24) is 5.32 Å². The Kier molecular flexibility index (Phi) is 5.98. The molecule has 0 aliphatic heterocycles. The van der Waals surface area contributed by atoms with Crippen molar-refractivity contribution in [3.8, 4) is 5.75 Å². The molecule has 0 aromatic heterocycles. The normalized spacial score (nSPS) is 11.7. The Labute approximate surface area is 131 Å². The van der Waals surface area contributed by atoms with Crippen LogP contribution in [-0.2, 0) is 4.79 Å². The van der Waals surface area contributed by atoms with Crippen LogP contribution in [0.25, 0.3) is 0 Å². The first-order valence-electron chi connectivity index (χ1n) is 7.44. The zero-order chi connectivity index (χ0) is 15.8. The molecule has 1 amide bonds. The quantitative estimate of drug-likeness (QED) is 0.772. The fraction of sp³-hybridized carbons (Fsp3) is 0.278. The second-order valence-electron chi connectivity index (χ2n) is 5.19. The highest BCUT2D eigenvalue weighted by Gasteiger charge is 2.14. The lowest BCUT2D eigenvalue weighted by atomic mass is 10.1. The smallest absolute Gasteiger partial charge is 0.241 e. The molecule has 0 fully saturated rings. The summed E-state index contributed by atoms with van der Waals surface area (Å²) in [6.45, 7) is 3.11. The second kappa shape index (κ2) is 8.20. The Morgan fingerprint density at radius 2 is 1.82 bits per heavy atom. The summed E-state index contributed by atoms with van der Waals surface area (Å²) in [7, 11) is 0. The highest BCUT2D eigenvalue weighted by Crippen LogP contribution is 2.11. The highest BCUT2D eigenvalue weighted by molar-refractivity contribution is 5.82. The Bertz CT molecular complexity index is 582. The fourth-order valence-electron chi connectivity index (χ4n) is 2.03. The lowest BCUT2D eigenvalue weighted by Gasteiger charge is -2.13. The summed E-state index contributed by atoms with van der Waals surface area (Å²) in [4.78, 5) is 12.0. The van der Waals surface area contributed by atoms with Gasteiger partial charge in [-0.25, -0.2) is 0 Å². The van der Waals surface area contributed by atoms with Gasteiger partial charge in [0.25, 0.3) is 0 Å². The largest absolute Gasteiger partial charge is 0.494 e. The van der Waals surface area contributed by atoms with Crippen LogP contribution in [0, 0.1) is 6.92 Å².